The topological polar surface area (TPSA) is 107 Å². The first kappa shape index (κ1) is 19.8. The zero-order valence-corrected chi connectivity index (χ0v) is 16.8. The molecule has 154 valence electrons. The number of nitrogens with one attached hydrogen (secondary N) is 2. The van der Waals surface area contributed by atoms with Crippen molar-refractivity contribution in [2.45, 2.75) is 26.2 Å². The molecule has 3 N–H and O–H groups in total. The predicted octanol–water partition coefficient (Wildman–Crippen LogP) is 3.04. The van der Waals surface area contributed by atoms with Gasteiger partial charge < -0.3 is 10.1 Å². The number of tetrazole rings is 1. The second-order valence-electron chi connectivity index (χ2n) is 7.23. The summed E-state index contributed by atoms with van der Waals surface area (Å²) in [5, 5.41) is 25.9. The van der Waals surface area contributed by atoms with E-state index in [1.165, 1.54) is 0 Å². The average molecular weight is 404 g/mol. The maximum atomic E-state index is 11.7. The fraction of sp³-hybridized carbons (Fsp3) is 0.273. The molecule has 0 saturated heterocycles. The second kappa shape index (κ2) is 8.87. The monoisotopic (exact) mass is 404 g/mol. The van der Waals surface area contributed by atoms with Crippen LogP contribution >= 0.6 is 0 Å². The van der Waals surface area contributed by atoms with Crippen LogP contribution in [0.25, 0.3) is 22.5 Å². The molecule has 0 unspecified atom stereocenters. The molecule has 8 nitrogen and oxygen atoms in total. The largest absolute Gasteiger partial charge is 0.478 e. The first-order chi connectivity index (χ1) is 14.7. The summed E-state index contributed by atoms with van der Waals surface area (Å²) >= 11 is 0. The SMILES string of the molecule is CCCCN1NCC(C(=O)O)=C1Cc1ccc(-c2ccccc2-c2nn[nH]n2)cc1. The molecule has 4 rings (SSSR count). The highest BCUT2D eigenvalue weighted by atomic mass is 16.4. The van der Waals surface area contributed by atoms with Gasteiger partial charge in [0.1, 0.15) is 0 Å². The van der Waals surface area contributed by atoms with E-state index < -0.39 is 5.97 Å². The van der Waals surface area contributed by atoms with Crippen molar-refractivity contribution in [2.75, 3.05) is 13.1 Å². The van der Waals surface area contributed by atoms with E-state index in [0.29, 0.717) is 24.4 Å². The quantitative estimate of drug-likeness (QED) is 0.530. The van der Waals surface area contributed by atoms with Crippen LogP contribution in [-0.2, 0) is 11.2 Å². The van der Waals surface area contributed by atoms with Crippen molar-refractivity contribution in [2.24, 2.45) is 0 Å². The molecule has 1 aliphatic rings. The van der Waals surface area contributed by atoms with Crippen molar-refractivity contribution in [3.8, 4) is 22.5 Å². The second-order valence-corrected chi connectivity index (χ2v) is 7.23. The Bertz CT molecular complexity index is 1040. The number of allylic oxidation sites excluding steroid dienone is 1. The van der Waals surface area contributed by atoms with E-state index in [4.69, 9.17) is 0 Å². The molecule has 0 bridgehead atoms. The van der Waals surface area contributed by atoms with Gasteiger partial charge in [0.15, 0.2) is 0 Å². The van der Waals surface area contributed by atoms with Crippen molar-refractivity contribution < 1.29 is 9.90 Å². The van der Waals surface area contributed by atoms with Crippen LogP contribution in [0.3, 0.4) is 0 Å². The Morgan fingerprint density at radius 2 is 1.90 bits per heavy atom. The third kappa shape index (κ3) is 4.08. The first-order valence-corrected chi connectivity index (χ1v) is 10.1. The number of rotatable bonds is 8. The summed E-state index contributed by atoms with van der Waals surface area (Å²) < 4.78 is 0. The number of carboxylic acids is 1. The lowest BCUT2D eigenvalue weighted by Gasteiger charge is -2.22. The normalized spacial score (nSPS) is 13.8. The van der Waals surface area contributed by atoms with Crippen LogP contribution in [0.1, 0.15) is 25.3 Å². The molecule has 2 heterocycles. The van der Waals surface area contributed by atoms with E-state index >= 15 is 0 Å². The standard InChI is InChI=1S/C22H24N6O2/c1-2-3-12-28-20(19(14-23-28)22(29)30)13-15-8-10-16(11-9-15)17-6-4-5-7-18(17)21-24-26-27-25-21/h4-11,23H,2-3,12-14H2,1H3,(H,29,30)(H,24,25,26,27). The summed E-state index contributed by atoms with van der Waals surface area (Å²) in [5.74, 6) is -0.309. The van der Waals surface area contributed by atoms with Crippen molar-refractivity contribution in [1.29, 1.82) is 0 Å². The van der Waals surface area contributed by atoms with Gasteiger partial charge in [-0.25, -0.2) is 10.2 Å². The molecule has 0 spiro atoms. The van der Waals surface area contributed by atoms with Crippen LogP contribution in [0.2, 0.25) is 0 Å². The lowest BCUT2D eigenvalue weighted by atomic mass is 9.97. The van der Waals surface area contributed by atoms with Gasteiger partial charge >= 0.3 is 5.97 Å². The Labute approximate surface area is 174 Å². The molecule has 0 amide bonds. The molecule has 8 heteroatoms. The maximum Gasteiger partial charge on any atom is 0.334 e. The highest BCUT2D eigenvalue weighted by Gasteiger charge is 2.26. The zero-order valence-electron chi connectivity index (χ0n) is 16.8. The van der Waals surface area contributed by atoms with Gasteiger partial charge in [0.05, 0.1) is 5.57 Å². The number of benzene rings is 2. The number of aromatic amines is 1. The molecular formula is C22H24N6O2. The summed E-state index contributed by atoms with van der Waals surface area (Å²) in [5.41, 5.74) is 8.52. The highest BCUT2D eigenvalue weighted by molar-refractivity contribution is 5.88. The fourth-order valence-electron chi connectivity index (χ4n) is 3.67. The number of hydrogen-bond donors (Lipinski definition) is 3. The zero-order chi connectivity index (χ0) is 20.9. The van der Waals surface area contributed by atoms with Crippen LogP contribution in [0.5, 0.6) is 0 Å². The lowest BCUT2D eigenvalue weighted by molar-refractivity contribution is -0.132. The van der Waals surface area contributed by atoms with Crippen molar-refractivity contribution in [3.05, 3.63) is 65.4 Å². The Kier molecular flexibility index (Phi) is 5.85. The Balaban J connectivity index is 1.59. The molecule has 3 aromatic rings. The lowest BCUT2D eigenvalue weighted by Crippen LogP contribution is -2.33. The summed E-state index contributed by atoms with van der Waals surface area (Å²) in [6.45, 7) is 3.30. The summed E-state index contributed by atoms with van der Waals surface area (Å²) in [4.78, 5) is 11.7. The molecule has 30 heavy (non-hydrogen) atoms. The average Bonchev–Trinajstić information content (AvgIpc) is 3.43. The molecular weight excluding hydrogens is 380 g/mol. The van der Waals surface area contributed by atoms with Crippen molar-refractivity contribution >= 4 is 5.97 Å². The van der Waals surface area contributed by atoms with Crippen molar-refractivity contribution in [1.82, 2.24) is 31.1 Å². The minimum atomic E-state index is -0.859. The minimum Gasteiger partial charge on any atom is -0.478 e. The third-order valence-corrected chi connectivity index (χ3v) is 5.26. The number of hydrogen-bond acceptors (Lipinski definition) is 6. The first-order valence-electron chi connectivity index (χ1n) is 10.1. The van der Waals surface area contributed by atoms with Gasteiger partial charge in [0, 0.05) is 30.8 Å². The molecule has 0 atom stereocenters. The number of aliphatic carboxylic acids is 1. The van der Waals surface area contributed by atoms with Crippen molar-refractivity contribution in [3.63, 3.8) is 0 Å². The van der Waals surface area contributed by atoms with Gasteiger partial charge in [-0.1, -0.05) is 61.9 Å². The van der Waals surface area contributed by atoms with Gasteiger partial charge in [0.2, 0.25) is 5.82 Å². The molecule has 0 saturated carbocycles. The number of H-pyrrole nitrogens is 1. The summed E-state index contributed by atoms with van der Waals surface area (Å²) in [6.07, 6.45) is 2.64. The predicted molar refractivity (Wildman–Crippen MR) is 113 cm³/mol. The maximum absolute atomic E-state index is 11.7. The smallest absolute Gasteiger partial charge is 0.334 e. The van der Waals surface area contributed by atoms with Gasteiger partial charge in [-0.05, 0) is 28.3 Å². The van der Waals surface area contributed by atoms with E-state index in [2.05, 4.69) is 33.0 Å². The highest BCUT2D eigenvalue weighted by Crippen LogP contribution is 2.30. The number of nitrogens with zero attached hydrogens (tertiary/aromatic N) is 4. The van der Waals surface area contributed by atoms with Crippen LogP contribution in [-0.4, -0.2) is 49.8 Å². The van der Waals surface area contributed by atoms with Gasteiger partial charge in [-0.3, -0.25) is 0 Å². The van der Waals surface area contributed by atoms with Gasteiger partial charge in [-0.15, -0.1) is 10.2 Å². The van der Waals surface area contributed by atoms with E-state index in [-0.39, 0.29) is 0 Å². The van der Waals surface area contributed by atoms with E-state index in [1.807, 2.05) is 53.5 Å². The van der Waals surface area contributed by atoms with E-state index in [1.54, 1.807) is 0 Å². The Morgan fingerprint density at radius 3 is 2.57 bits per heavy atom. The van der Waals surface area contributed by atoms with Crippen LogP contribution in [0.4, 0.5) is 0 Å². The van der Waals surface area contributed by atoms with Crippen LogP contribution in [0.15, 0.2) is 59.8 Å². The van der Waals surface area contributed by atoms with Crippen LogP contribution < -0.4 is 5.43 Å². The van der Waals surface area contributed by atoms with Gasteiger partial charge in [0.25, 0.3) is 0 Å². The Hall–Kier alpha value is -3.52. The Morgan fingerprint density at radius 1 is 1.13 bits per heavy atom. The number of carbonyl (C=O) groups is 1. The summed E-state index contributed by atoms with van der Waals surface area (Å²) in [7, 11) is 0. The van der Waals surface area contributed by atoms with Crippen LogP contribution in [0, 0.1) is 0 Å². The number of unbranched alkanes of at least 4 members (excludes halogenated alkanes) is 1. The molecule has 0 radical (unpaired) electrons. The van der Waals surface area contributed by atoms with E-state index in [9.17, 15) is 9.90 Å². The molecule has 1 aromatic heterocycles. The summed E-state index contributed by atoms with van der Waals surface area (Å²) in [6, 6.07) is 16.1. The van der Waals surface area contributed by atoms with E-state index in [0.717, 1.165) is 47.3 Å². The molecule has 2 aromatic carbocycles. The van der Waals surface area contributed by atoms with Gasteiger partial charge in [-0.2, -0.15) is 5.21 Å². The molecule has 0 aliphatic carbocycles. The number of aromatic nitrogens is 4. The fourth-order valence-corrected chi connectivity index (χ4v) is 3.67. The number of carboxylic acid groups (broad SMARTS) is 1. The molecule has 1 aliphatic heterocycles. The number of hydrazine groups is 1. The third-order valence-electron chi connectivity index (χ3n) is 5.26. The molecule has 0 fully saturated rings. The minimum absolute atomic E-state index is 0.366.